The number of amides is 1. The van der Waals surface area contributed by atoms with Crippen molar-refractivity contribution in [3.05, 3.63) is 29.3 Å². The van der Waals surface area contributed by atoms with Crippen molar-refractivity contribution in [2.24, 2.45) is 0 Å². The molecule has 0 saturated heterocycles. The van der Waals surface area contributed by atoms with Crippen molar-refractivity contribution in [3.63, 3.8) is 0 Å². The summed E-state index contributed by atoms with van der Waals surface area (Å²) < 4.78 is 5.24. The van der Waals surface area contributed by atoms with Crippen LogP contribution in [0.3, 0.4) is 0 Å². The van der Waals surface area contributed by atoms with Crippen molar-refractivity contribution < 1.29 is 14.6 Å². The molecule has 0 radical (unpaired) electrons. The summed E-state index contributed by atoms with van der Waals surface area (Å²) in [6, 6.07) is 5.44. The van der Waals surface area contributed by atoms with Gasteiger partial charge in [-0.1, -0.05) is 19.4 Å². The summed E-state index contributed by atoms with van der Waals surface area (Å²) in [6.45, 7) is 3.91. The highest BCUT2D eigenvalue weighted by atomic mass is 16.6. The van der Waals surface area contributed by atoms with E-state index in [1.54, 1.807) is 17.0 Å². The predicted octanol–water partition coefficient (Wildman–Crippen LogP) is 2.73. The van der Waals surface area contributed by atoms with Crippen LogP contribution in [0.5, 0.6) is 5.75 Å². The van der Waals surface area contributed by atoms with E-state index in [1.807, 2.05) is 6.07 Å². The Morgan fingerprint density at radius 3 is 2.79 bits per heavy atom. The van der Waals surface area contributed by atoms with Crippen molar-refractivity contribution in [3.8, 4) is 5.75 Å². The van der Waals surface area contributed by atoms with Crippen LogP contribution in [0.15, 0.2) is 18.2 Å². The van der Waals surface area contributed by atoms with Gasteiger partial charge in [-0.25, -0.2) is 4.79 Å². The summed E-state index contributed by atoms with van der Waals surface area (Å²) in [7, 11) is 0. The number of carbonyl (C=O) groups excluding carboxylic acids is 1. The van der Waals surface area contributed by atoms with Crippen LogP contribution in [0.1, 0.15) is 30.9 Å². The molecule has 0 spiro atoms. The molecule has 0 aromatic heterocycles. The summed E-state index contributed by atoms with van der Waals surface area (Å²) >= 11 is 0. The van der Waals surface area contributed by atoms with E-state index in [1.165, 1.54) is 5.56 Å². The minimum absolute atomic E-state index is 0.217. The van der Waals surface area contributed by atoms with Crippen LogP contribution in [-0.2, 0) is 17.6 Å². The lowest BCUT2D eigenvalue weighted by atomic mass is 10.0. The van der Waals surface area contributed by atoms with E-state index in [4.69, 9.17) is 4.74 Å². The first-order valence-corrected chi connectivity index (χ1v) is 6.93. The van der Waals surface area contributed by atoms with Crippen molar-refractivity contribution >= 4 is 6.09 Å². The Morgan fingerprint density at radius 2 is 2.05 bits per heavy atom. The number of benzene rings is 1. The molecular formula is C15H21NO3. The van der Waals surface area contributed by atoms with Crippen LogP contribution >= 0.6 is 0 Å². The molecule has 0 fully saturated rings. The van der Waals surface area contributed by atoms with Crippen molar-refractivity contribution in [2.45, 2.75) is 32.6 Å². The monoisotopic (exact) mass is 263 g/mol. The zero-order valence-corrected chi connectivity index (χ0v) is 11.4. The number of phenols is 1. The molecular weight excluding hydrogens is 242 g/mol. The second kappa shape index (κ2) is 6.45. The Labute approximate surface area is 114 Å². The summed E-state index contributed by atoms with van der Waals surface area (Å²) in [5, 5.41) is 9.49. The van der Waals surface area contributed by atoms with Gasteiger partial charge >= 0.3 is 6.09 Å². The standard InChI is InChI=1S/C15H21NO3/c1-2-3-10-19-15(18)16-8-6-12-4-5-14(17)11-13(12)7-9-16/h4-5,11,17H,2-3,6-10H2,1H3. The Kier molecular flexibility index (Phi) is 4.66. The molecule has 2 rings (SSSR count). The molecule has 1 aromatic rings. The SMILES string of the molecule is CCCCOC(=O)N1CCc2ccc(O)cc2CC1. The molecule has 104 valence electrons. The third-order valence-corrected chi connectivity index (χ3v) is 3.47. The predicted molar refractivity (Wildman–Crippen MR) is 73.3 cm³/mol. The normalized spacial score (nSPS) is 14.7. The number of rotatable bonds is 3. The molecule has 1 aromatic carbocycles. The highest BCUT2D eigenvalue weighted by Gasteiger charge is 2.19. The maximum atomic E-state index is 11.9. The maximum Gasteiger partial charge on any atom is 0.409 e. The number of hydrogen-bond acceptors (Lipinski definition) is 3. The van der Waals surface area contributed by atoms with E-state index in [9.17, 15) is 9.90 Å². The first kappa shape index (κ1) is 13.7. The van der Waals surface area contributed by atoms with Crippen LogP contribution in [0.25, 0.3) is 0 Å². The first-order chi connectivity index (χ1) is 9.20. The number of nitrogens with zero attached hydrogens (tertiary/aromatic N) is 1. The third kappa shape index (κ3) is 3.63. The number of aromatic hydroxyl groups is 1. The van der Waals surface area contributed by atoms with E-state index >= 15 is 0 Å². The van der Waals surface area contributed by atoms with Crippen LogP contribution in [0.4, 0.5) is 4.79 Å². The van der Waals surface area contributed by atoms with Gasteiger partial charge < -0.3 is 14.7 Å². The van der Waals surface area contributed by atoms with Crippen molar-refractivity contribution in [2.75, 3.05) is 19.7 Å². The molecule has 0 unspecified atom stereocenters. The molecule has 1 aliphatic heterocycles. The number of hydrogen-bond donors (Lipinski definition) is 1. The molecule has 1 aliphatic rings. The van der Waals surface area contributed by atoms with Crippen molar-refractivity contribution in [1.82, 2.24) is 4.90 Å². The number of phenolic OH excluding ortho intramolecular Hbond substituents is 1. The zero-order valence-electron chi connectivity index (χ0n) is 11.4. The van der Waals surface area contributed by atoms with E-state index in [0.717, 1.165) is 31.2 Å². The van der Waals surface area contributed by atoms with E-state index < -0.39 is 0 Å². The zero-order chi connectivity index (χ0) is 13.7. The molecule has 1 N–H and O–H groups in total. The topological polar surface area (TPSA) is 49.8 Å². The average Bonchev–Trinajstić information content (AvgIpc) is 2.61. The fraction of sp³-hybridized carbons (Fsp3) is 0.533. The number of unbranched alkanes of at least 4 members (excludes halogenated alkanes) is 1. The quantitative estimate of drug-likeness (QED) is 0.853. The second-order valence-corrected chi connectivity index (χ2v) is 4.91. The lowest BCUT2D eigenvalue weighted by Gasteiger charge is -2.19. The maximum absolute atomic E-state index is 11.9. The number of fused-ring (bicyclic) bond motifs is 1. The summed E-state index contributed by atoms with van der Waals surface area (Å²) in [5.41, 5.74) is 2.34. The lowest BCUT2D eigenvalue weighted by molar-refractivity contribution is 0.103. The van der Waals surface area contributed by atoms with Gasteiger partial charge in [-0.3, -0.25) is 0 Å². The summed E-state index contributed by atoms with van der Waals surface area (Å²) in [5.74, 6) is 0.290. The molecule has 4 heteroatoms. The van der Waals surface area contributed by atoms with Crippen molar-refractivity contribution in [1.29, 1.82) is 0 Å². The highest BCUT2D eigenvalue weighted by Crippen LogP contribution is 2.21. The summed E-state index contributed by atoms with van der Waals surface area (Å²) in [4.78, 5) is 13.7. The Balaban J connectivity index is 1.93. The molecule has 4 nitrogen and oxygen atoms in total. The number of ether oxygens (including phenoxy) is 1. The van der Waals surface area contributed by atoms with Gasteiger partial charge in [-0.05, 0) is 42.5 Å². The minimum Gasteiger partial charge on any atom is -0.508 e. The van der Waals surface area contributed by atoms with E-state index in [-0.39, 0.29) is 11.8 Å². The smallest absolute Gasteiger partial charge is 0.409 e. The molecule has 0 bridgehead atoms. The van der Waals surface area contributed by atoms with Gasteiger partial charge in [-0.15, -0.1) is 0 Å². The van der Waals surface area contributed by atoms with Gasteiger partial charge in [0.2, 0.25) is 0 Å². The fourth-order valence-corrected chi connectivity index (χ4v) is 2.29. The largest absolute Gasteiger partial charge is 0.508 e. The van der Waals surface area contributed by atoms with Gasteiger partial charge in [0.1, 0.15) is 5.75 Å². The van der Waals surface area contributed by atoms with Gasteiger partial charge in [-0.2, -0.15) is 0 Å². The van der Waals surface area contributed by atoms with Gasteiger partial charge in [0.05, 0.1) is 6.61 Å². The molecule has 19 heavy (non-hydrogen) atoms. The molecule has 1 heterocycles. The van der Waals surface area contributed by atoms with Crippen LogP contribution in [-0.4, -0.2) is 35.8 Å². The van der Waals surface area contributed by atoms with Gasteiger partial charge in [0.15, 0.2) is 0 Å². The van der Waals surface area contributed by atoms with Gasteiger partial charge in [0, 0.05) is 13.1 Å². The molecule has 0 saturated carbocycles. The third-order valence-electron chi connectivity index (χ3n) is 3.47. The van der Waals surface area contributed by atoms with Crippen LogP contribution in [0, 0.1) is 0 Å². The van der Waals surface area contributed by atoms with Crippen LogP contribution < -0.4 is 0 Å². The Bertz CT molecular complexity index is 445. The van der Waals surface area contributed by atoms with E-state index in [0.29, 0.717) is 19.7 Å². The lowest BCUT2D eigenvalue weighted by Crippen LogP contribution is -2.34. The minimum atomic E-state index is -0.217. The highest BCUT2D eigenvalue weighted by molar-refractivity contribution is 5.67. The number of carbonyl (C=O) groups is 1. The Hall–Kier alpha value is -1.71. The van der Waals surface area contributed by atoms with Crippen LogP contribution in [0.2, 0.25) is 0 Å². The first-order valence-electron chi connectivity index (χ1n) is 6.93. The average molecular weight is 263 g/mol. The molecule has 0 aliphatic carbocycles. The van der Waals surface area contributed by atoms with E-state index in [2.05, 4.69) is 6.92 Å². The summed E-state index contributed by atoms with van der Waals surface area (Å²) in [6.07, 6.45) is 3.31. The van der Waals surface area contributed by atoms with Gasteiger partial charge in [0.25, 0.3) is 0 Å². The second-order valence-electron chi connectivity index (χ2n) is 4.91. The molecule has 1 amide bonds. The molecule has 0 atom stereocenters. The fourth-order valence-electron chi connectivity index (χ4n) is 2.29. The Morgan fingerprint density at radius 1 is 1.32 bits per heavy atom.